The topological polar surface area (TPSA) is 102 Å². The molecule has 29 heavy (non-hydrogen) atoms. The van der Waals surface area contributed by atoms with Crippen LogP contribution in [-0.2, 0) is 16.6 Å². The van der Waals surface area contributed by atoms with E-state index >= 15 is 0 Å². The van der Waals surface area contributed by atoms with Crippen molar-refractivity contribution in [3.05, 3.63) is 42.4 Å². The monoisotopic (exact) mass is 416 g/mol. The molecule has 0 bridgehead atoms. The van der Waals surface area contributed by atoms with E-state index in [0.717, 1.165) is 11.5 Å². The second kappa shape index (κ2) is 7.56. The van der Waals surface area contributed by atoms with Gasteiger partial charge in [0.15, 0.2) is 10.8 Å². The number of nitrogens with zero attached hydrogens (tertiary/aromatic N) is 8. The molecule has 10 nitrogen and oxygen atoms in total. The molecule has 0 amide bonds. The first-order valence-electron chi connectivity index (χ1n) is 9.52. The number of sulfonamides is 1. The first kappa shape index (κ1) is 19.5. The average molecular weight is 417 g/mol. The van der Waals surface area contributed by atoms with Gasteiger partial charge in [0.2, 0.25) is 0 Å². The smallest absolute Gasteiger partial charge is 0.262 e. The van der Waals surface area contributed by atoms with E-state index in [1.54, 1.807) is 10.9 Å². The van der Waals surface area contributed by atoms with Gasteiger partial charge in [-0.25, -0.2) is 28.1 Å². The maximum Gasteiger partial charge on any atom is 0.262 e. The first-order valence-corrected chi connectivity index (χ1v) is 11.0. The highest BCUT2D eigenvalue weighted by Crippen LogP contribution is 2.20. The zero-order valence-electron chi connectivity index (χ0n) is 16.7. The number of aromatic nitrogens is 6. The minimum atomic E-state index is -3.60. The Morgan fingerprint density at radius 2 is 1.79 bits per heavy atom. The number of hydrogen-bond donors (Lipinski definition) is 0. The van der Waals surface area contributed by atoms with Crippen LogP contribution in [0.25, 0.3) is 5.82 Å². The SMILES string of the molecule is CCn1cc(S(=O)(=O)N2CCN(c3cc(-n4ccc(C)n4)ncn3)CC2)nc1C. The second-order valence-corrected chi connectivity index (χ2v) is 8.82. The molecule has 1 aliphatic rings. The van der Waals surface area contributed by atoms with Crippen molar-refractivity contribution in [3.63, 3.8) is 0 Å². The molecule has 11 heteroatoms. The molecule has 3 aromatic heterocycles. The minimum absolute atomic E-state index is 0.115. The Balaban J connectivity index is 1.48. The van der Waals surface area contributed by atoms with Crippen molar-refractivity contribution in [2.75, 3.05) is 31.1 Å². The van der Waals surface area contributed by atoms with Gasteiger partial charge in [0.25, 0.3) is 10.0 Å². The summed E-state index contributed by atoms with van der Waals surface area (Å²) in [6.45, 7) is 8.22. The fourth-order valence-electron chi connectivity index (χ4n) is 3.39. The lowest BCUT2D eigenvalue weighted by Crippen LogP contribution is -2.49. The normalized spacial score (nSPS) is 15.8. The predicted molar refractivity (Wildman–Crippen MR) is 108 cm³/mol. The van der Waals surface area contributed by atoms with Gasteiger partial charge in [-0.05, 0) is 26.8 Å². The molecule has 0 N–H and O–H groups in total. The molecule has 1 fully saturated rings. The number of aryl methyl sites for hydroxylation is 3. The zero-order valence-corrected chi connectivity index (χ0v) is 17.5. The van der Waals surface area contributed by atoms with E-state index in [2.05, 4.69) is 25.0 Å². The quantitative estimate of drug-likeness (QED) is 0.611. The number of hydrogen-bond acceptors (Lipinski definition) is 7. The maximum absolute atomic E-state index is 12.9. The molecule has 0 radical (unpaired) electrons. The Morgan fingerprint density at radius 3 is 2.41 bits per heavy atom. The van der Waals surface area contributed by atoms with E-state index in [4.69, 9.17) is 0 Å². The Bertz CT molecular complexity index is 1110. The fourth-order valence-corrected chi connectivity index (χ4v) is 4.81. The molecule has 3 aromatic rings. The molecule has 1 aliphatic heterocycles. The van der Waals surface area contributed by atoms with E-state index in [1.165, 1.54) is 10.6 Å². The summed E-state index contributed by atoms with van der Waals surface area (Å²) in [5.74, 6) is 2.14. The first-order chi connectivity index (χ1) is 13.9. The van der Waals surface area contributed by atoms with E-state index in [1.807, 2.05) is 43.7 Å². The Morgan fingerprint density at radius 1 is 1.07 bits per heavy atom. The minimum Gasteiger partial charge on any atom is -0.354 e. The molecule has 4 rings (SSSR count). The average Bonchev–Trinajstić information content (AvgIpc) is 3.34. The van der Waals surface area contributed by atoms with Gasteiger partial charge < -0.3 is 9.47 Å². The van der Waals surface area contributed by atoms with Crippen molar-refractivity contribution in [2.24, 2.45) is 0 Å². The summed E-state index contributed by atoms with van der Waals surface area (Å²) in [6, 6.07) is 3.77. The highest BCUT2D eigenvalue weighted by molar-refractivity contribution is 7.89. The van der Waals surface area contributed by atoms with Crippen LogP contribution in [0.4, 0.5) is 5.82 Å². The molecule has 1 saturated heterocycles. The van der Waals surface area contributed by atoms with Crippen LogP contribution in [0.5, 0.6) is 0 Å². The third-order valence-electron chi connectivity index (χ3n) is 5.06. The van der Waals surface area contributed by atoms with Gasteiger partial charge in [-0.3, -0.25) is 0 Å². The molecular formula is C18H24N8O2S. The Labute approximate surface area is 169 Å². The summed E-state index contributed by atoms with van der Waals surface area (Å²) in [5, 5.41) is 4.49. The van der Waals surface area contributed by atoms with Crippen molar-refractivity contribution < 1.29 is 8.42 Å². The van der Waals surface area contributed by atoms with Gasteiger partial charge in [0.1, 0.15) is 18.0 Å². The third kappa shape index (κ3) is 3.75. The molecule has 0 aromatic carbocycles. The molecule has 0 saturated carbocycles. The predicted octanol–water partition coefficient (Wildman–Crippen LogP) is 1.01. The summed E-state index contributed by atoms with van der Waals surface area (Å²) in [5.41, 5.74) is 0.907. The van der Waals surface area contributed by atoms with Gasteiger partial charge in [0.05, 0.1) is 5.69 Å². The van der Waals surface area contributed by atoms with Crippen LogP contribution in [0, 0.1) is 13.8 Å². The van der Waals surface area contributed by atoms with Crippen LogP contribution in [0.1, 0.15) is 18.4 Å². The zero-order chi connectivity index (χ0) is 20.6. The van der Waals surface area contributed by atoms with Crippen molar-refractivity contribution in [3.8, 4) is 5.82 Å². The van der Waals surface area contributed by atoms with Crippen molar-refractivity contribution in [2.45, 2.75) is 32.3 Å². The van der Waals surface area contributed by atoms with Crippen LogP contribution >= 0.6 is 0 Å². The van der Waals surface area contributed by atoms with Gasteiger partial charge in [-0.15, -0.1) is 0 Å². The molecule has 0 atom stereocenters. The van der Waals surface area contributed by atoms with E-state index in [0.29, 0.717) is 44.4 Å². The molecule has 0 aliphatic carbocycles. The summed E-state index contributed by atoms with van der Waals surface area (Å²) in [4.78, 5) is 14.9. The lowest BCUT2D eigenvalue weighted by atomic mass is 10.3. The number of anilines is 1. The highest BCUT2D eigenvalue weighted by atomic mass is 32.2. The lowest BCUT2D eigenvalue weighted by molar-refractivity contribution is 0.382. The third-order valence-corrected chi connectivity index (χ3v) is 6.83. The summed E-state index contributed by atoms with van der Waals surface area (Å²) in [6.07, 6.45) is 4.97. The van der Waals surface area contributed by atoms with Crippen LogP contribution in [0.15, 0.2) is 35.9 Å². The maximum atomic E-state index is 12.9. The van der Waals surface area contributed by atoms with Gasteiger partial charge in [-0.1, -0.05) is 0 Å². The number of piperazine rings is 1. The van der Waals surface area contributed by atoms with Gasteiger partial charge >= 0.3 is 0 Å². The summed E-state index contributed by atoms with van der Waals surface area (Å²) < 4.78 is 30.9. The van der Waals surface area contributed by atoms with E-state index in [9.17, 15) is 8.42 Å². The van der Waals surface area contributed by atoms with Gasteiger partial charge in [0, 0.05) is 51.2 Å². The Kier molecular flexibility index (Phi) is 5.09. The van der Waals surface area contributed by atoms with E-state index < -0.39 is 10.0 Å². The number of imidazole rings is 1. The molecule has 0 unspecified atom stereocenters. The van der Waals surface area contributed by atoms with Crippen LogP contribution in [0.2, 0.25) is 0 Å². The lowest BCUT2D eigenvalue weighted by Gasteiger charge is -2.34. The van der Waals surface area contributed by atoms with Crippen molar-refractivity contribution >= 4 is 15.8 Å². The molecular weight excluding hydrogens is 392 g/mol. The summed E-state index contributed by atoms with van der Waals surface area (Å²) >= 11 is 0. The van der Waals surface area contributed by atoms with Crippen LogP contribution in [0.3, 0.4) is 0 Å². The number of rotatable bonds is 5. The standard InChI is InChI=1S/C18H24N8O2S/c1-4-23-12-18(21-15(23)3)29(27,28)25-9-7-24(8-10-25)16-11-17(20-13-19-16)26-6-5-14(2)22-26/h5-6,11-13H,4,7-10H2,1-3H3. The highest BCUT2D eigenvalue weighted by Gasteiger charge is 2.31. The molecule has 154 valence electrons. The summed E-state index contributed by atoms with van der Waals surface area (Å²) in [7, 11) is -3.60. The van der Waals surface area contributed by atoms with Crippen LogP contribution < -0.4 is 4.90 Å². The second-order valence-electron chi connectivity index (χ2n) is 6.94. The van der Waals surface area contributed by atoms with Crippen LogP contribution in [-0.4, -0.2) is 68.2 Å². The van der Waals surface area contributed by atoms with Crippen molar-refractivity contribution in [1.29, 1.82) is 0 Å². The molecule has 4 heterocycles. The largest absolute Gasteiger partial charge is 0.354 e. The Hall–Kier alpha value is -2.79. The molecule has 0 spiro atoms. The van der Waals surface area contributed by atoms with Gasteiger partial charge in [-0.2, -0.15) is 9.40 Å². The van der Waals surface area contributed by atoms with E-state index in [-0.39, 0.29) is 5.03 Å². The van der Waals surface area contributed by atoms with Crippen molar-refractivity contribution in [1.82, 2.24) is 33.6 Å². The fraction of sp³-hybridized carbons (Fsp3) is 0.444.